The number of hydrogen-bond donors (Lipinski definition) is 5. The lowest BCUT2D eigenvalue weighted by Crippen LogP contribution is -2.33. The van der Waals surface area contributed by atoms with Crippen molar-refractivity contribution in [3.05, 3.63) is 52.3 Å². The highest BCUT2D eigenvalue weighted by Gasteiger charge is 2.40. The van der Waals surface area contributed by atoms with E-state index >= 15 is 0 Å². The molecule has 0 radical (unpaired) electrons. The smallest absolute Gasteiger partial charge is 0.265 e. The maximum absolute atomic E-state index is 13.0. The number of H-pyrrole nitrogens is 1. The van der Waals surface area contributed by atoms with Gasteiger partial charge in [0.2, 0.25) is 5.95 Å². The van der Waals surface area contributed by atoms with Crippen LogP contribution in [-0.2, 0) is 15.4 Å². The maximum atomic E-state index is 13.0. The molecule has 1 saturated carbocycles. The highest BCUT2D eigenvalue weighted by Crippen LogP contribution is 2.46. The molecule has 0 saturated heterocycles. The van der Waals surface area contributed by atoms with Crippen molar-refractivity contribution in [3.63, 3.8) is 0 Å². The number of hydrogen-bond acceptors (Lipinski definition) is 8. The fraction of sp³-hybridized carbons (Fsp3) is 0.200. The van der Waals surface area contributed by atoms with Gasteiger partial charge < -0.3 is 10.2 Å². The number of nitriles is 1. The number of aromatic nitrogens is 3. The van der Waals surface area contributed by atoms with Crippen molar-refractivity contribution in [2.24, 2.45) is 0 Å². The van der Waals surface area contributed by atoms with Crippen molar-refractivity contribution in [3.8, 4) is 17.6 Å². The molecular formula is C20H17BrN6O5S. The first-order valence-corrected chi connectivity index (χ1v) is 11.9. The van der Waals surface area contributed by atoms with Gasteiger partial charge in [0.05, 0.1) is 22.7 Å². The normalized spacial score (nSPS) is 14.7. The number of benzene rings is 2. The van der Waals surface area contributed by atoms with E-state index in [2.05, 4.69) is 47.2 Å². The number of rotatable bonds is 6. The third-order valence-electron chi connectivity index (χ3n) is 5.43. The Morgan fingerprint density at radius 3 is 2.61 bits per heavy atom. The van der Waals surface area contributed by atoms with Crippen LogP contribution in [0.3, 0.4) is 0 Å². The van der Waals surface area contributed by atoms with E-state index in [0.717, 1.165) is 6.42 Å². The summed E-state index contributed by atoms with van der Waals surface area (Å²) in [4.78, 5) is 16.2. The molecule has 0 aliphatic heterocycles. The Kier molecular flexibility index (Phi) is 5.73. The number of nitrogens with one attached hydrogen (secondary N) is 3. The van der Waals surface area contributed by atoms with Crippen LogP contribution in [0.4, 0.5) is 11.6 Å². The first-order chi connectivity index (χ1) is 15.6. The van der Waals surface area contributed by atoms with Gasteiger partial charge in [-0.3, -0.25) is 14.8 Å². The Bertz CT molecular complexity index is 1380. The molecule has 0 spiro atoms. The largest absolute Gasteiger partial charge is 0.507 e. The minimum atomic E-state index is -4.37. The van der Waals surface area contributed by atoms with E-state index in [0.29, 0.717) is 22.9 Å². The lowest BCUT2D eigenvalue weighted by atomic mass is 9.65. The van der Waals surface area contributed by atoms with E-state index < -0.39 is 37.7 Å². The average molecular weight is 533 g/mol. The zero-order valence-electron chi connectivity index (χ0n) is 16.8. The number of amides is 1. The molecule has 13 heteroatoms. The molecule has 0 unspecified atom stereocenters. The predicted molar refractivity (Wildman–Crippen MR) is 120 cm³/mol. The number of aromatic amines is 1. The molecule has 1 heterocycles. The van der Waals surface area contributed by atoms with Gasteiger partial charge in [0.25, 0.3) is 15.9 Å². The van der Waals surface area contributed by atoms with Crippen molar-refractivity contribution in [2.45, 2.75) is 29.6 Å². The summed E-state index contributed by atoms with van der Waals surface area (Å²) in [5, 5.41) is 39.1. The summed E-state index contributed by atoms with van der Waals surface area (Å²) < 4.78 is 28.6. The third-order valence-corrected chi connectivity index (χ3v) is 7.32. The highest BCUT2D eigenvalue weighted by atomic mass is 79.9. The monoisotopic (exact) mass is 532 g/mol. The Morgan fingerprint density at radius 1 is 1.24 bits per heavy atom. The predicted octanol–water partition coefficient (Wildman–Crippen LogP) is 2.98. The molecule has 0 bridgehead atoms. The van der Waals surface area contributed by atoms with Crippen molar-refractivity contribution < 1.29 is 23.4 Å². The van der Waals surface area contributed by atoms with Crippen molar-refractivity contribution >= 4 is 43.5 Å². The Labute approximate surface area is 196 Å². The summed E-state index contributed by atoms with van der Waals surface area (Å²) in [6, 6.07) is 8.78. The zero-order chi connectivity index (χ0) is 23.8. The van der Waals surface area contributed by atoms with E-state index in [9.17, 15) is 28.7 Å². The van der Waals surface area contributed by atoms with E-state index in [1.165, 1.54) is 36.7 Å². The summed E-state index contributed by atoms with van der Waals surface area (Å²) in [7, 11) is -4.37. The molecule has 5 N–H and O–H groups in total. The number of carbonyl (C=O) groups is 1. The number of phenols is 2. The summed E-state index contributed by atoms with van der Waals surface area (Å²) >= 11 is 3.16. The SMILES string of the molecule is N#CC1(c2cc(NS(=O)(=O)c3cc(Br)ccc3O)c(O)c(C(=O)Nc3ncn[nH]3)c2)CCC1. The van der Waals surface area contributed by atoms with Gasteiger partial charge in [-0.05, 0) is 55.2 Å². The minimum Gasteiger partial charge on any atom is -0.507 e. The van der Waals surface area contributed by atoms with Gasteiger partial charge >= 0.3 is 0 Å². The van der Waals surface area contributed by atoms with Gasteiger partial charge in [0.15, 0.2) is 5.75 Å². The second-order valence-electron chi connectivity index (χ2n) is 7.47. The molecule has 1 amide bonds. The van der Waals surface area contributed by atoms with Gasteiger partial charge in [-0.1, -0.05) is 15.9 Å². The van der Waals surface area contributed by atoms with Gasteiger partial charge in [0.1, 0.15) is 17.0 Å². The summed E-state index contributed by atoms with van der Waals surface area (Å²) in [6.45, 7) is 0. The Balaban J connectivity index is 1.81. The van der Waals surface area contributed by atoms with Crippen LogP contribution < -0.4 is 10.0 Å². The quantitative estimate of drug-likeness (QED) is 0.300. The number of phenolic OH excluding ortho intramolecular Hbond substituents is 2. The number of carbonyl (C=O) groups excluding carboxylic acids is 1. The van der Waals surface area contributed by atoms with E-state index in [4.69, 9.17) is 0 Å². The molecule has 1 aliphatic carbocycles. The number of anilines is 2. The summed E-state index contributed by atoms with van der Waals surface area (Å²) in [5.41, 5.74) is -1.10. The molecule has 170 valence electrons. The standard InChI is InChI=1S/C20H17BrN6O5S/c21-12-2-3-15(28)16(8-12)33(31,32)27-14-7-11(20(9-22)4-1-5-20)6-13(17(14)29)18(30)25-19-23-10-24-26-19/h2-3,6-8,10,27-29H,1,4-5H2,(H2,23,24,25,26,30). The number of sulfonamides is 1. The van der Waals surface area contributed by atoms with Crippen LogP contribution >= 0.6 is 15.9 Å². The lowest BCUT2D eigenvalue weighted by Gasteiger charge is -2.36. The number of nitrogens with zero attached hydrogens (tertiary/aromatic N) is 3. The van der Waals surface area contributed by atoms with E-state index in [1.807, 2.05) is 0 Å². The van der Waals surface area contributed by atoms with Gasteiger partial charge in [-0.25, -0.2) is 13.5 Å². The molecule has 33 heavy (non-hydrogen) atoms. The lowest BCUT2D eigenvalue weighted by molar-refractivity contribution is 0.102. The van der Waals surface area contributed by atoms with Crippen LogP contribution in [0.2, 0.25) is 0 Å². The Morgan fingerprint density at radius 2 is 2.00 bits per heavy atom. The maximum Gasteiger partial charge on any atom is 0.265 e. The van der Waals surface area contributed by atoms with Crippen LogP contribution in [0.25, 0.3) is 0 Å². The number of aromatic hydroxyl groups is 2. The number of halogens is 1. The molecule has 4 rings (SSSR count). The fourth-order valence-corrected chi connectivity index (χ4v) is 5.19. The van der Waals surface area contributed by atoms with Crippen LogP contribution in [0.5, 0.6) is 11.5 Å². The van der Waals surface area contributed by atoms with Crippen LogP contribution in [0.1, 0.15) is 35.2 Å². The molecule has 1 fully saturated rings. The molecule has 1 aromatic heterocycles. The van der Waals surface area contributed by atoms with Crippen molar-refractivity contribution in [1.82, 2.24) is 15.2 Å². The molecule has 0 atom stereocenters. The highest BCUT2D eigenvalue weighted by molar-refractivity contribution is 9.10. The van der Waals surface area contributed by atoms with Gasteiger partial charge in [-0.15, -0.1) is 0 Å². The topological polar surface area (TPSA) is 181 Å². The van der Waals surface area contributed by atoms with Crippen LogP contribution in [-0.4, -0.2) is 39.7 Å². The first-order valence-electron chi connectivity index (χ1n) is 9.62. The second kappa shape index (κ2) is 8.38. The van der Waals surface area contributed by atoms with Crippen molar-refractivity contribution in [2.75, 3.05) is 10.0 Å². The fourth-order valence-electron chi connectivity index (χ4n) is 3.50. The van der Waals surface area contributed by atoms with Crippen molar-refractivity contribution in [1.29, 1.82) is 5.26 Å². The van der Waals surface area contributed by atoms with Gasteiger partial charge in [-0.2, -0.15) is 15.3 Å². The van der Waals surface area contributed by atoms with E-state index in [-0.39, 0.29) is 17.2 Å². The third kappa shape index (κ3) is 4.22. The van der Waals surface area contributed by atoms with Gasteiger partial charge in [0, 0.05) is 4.47 Å². The summed E-state index contributed by atoms with van der Waals surface area (Å²) in [6.07, 6.45) is 3.02. The van der Waals surface area contributed by atoms with Crippen LogP contribution in [0.15, 0.2) is 46.0 Å². The Hall–Kier alpha value is -3.63. The first kappa shape index (κ1) is 22.6. The molecule has 11 nitrogen and oxygen atoms in total. The summed E-state index contributed by atoms with van der Waals surface area (Å²) in [5.74, 6) is -1.92. The molecule has 2 aromatic carbocycles. The zero-order valence-corrected chi connectivity index (χ0v) is 19.2. The molecule has 3 aromatic rings. The molecule has 1 aliphatic rings. The molecular weight excluding hydrogens is 516 g/mol. The second-order valence-corrected chi connectivity index (χ2v) is 10.0. The van der Waals surface area contributed by atoms with E-state index in [1.54, 1.807) is 0 Å². The minimum absolute atomic E-state index is 0.0182. The average Bonchev–Trinajstić information content (AvgIpc) is 3.24. The van der Waals surface area contributed by atoms with Crippen LogP contribution in [0, 0.1) is 11.3 Å².